The maximum atomic E-state index is 12.5. The number of nitrogens with zero attached hydrogens (tertiary/aromatic N) is 2. The van der Waals surface area contributed by atoms with Gasteiger partial charge in [-0.1, -0.05) is 29.8 Å². The molecular formula is C19H21N3O3S. The van der Waals surface area contributed by atoms with Gasteiger partial charge in [-0.05, 0) is 43.7 Å². The molecule has 2 aromatic carbocycles. The molecule has 0 heterocycles. The molecule has 0 bridgehead atoms. The minimum Gasteiger partial charge on any atom is -0.340 e. The number of amides is 1. The number of nitriles is 1. The number of hydrogen-bond donors (Lipinski definition) is 1. The minimum absolute atomic E-state index is 0.118. The lowest BCUT2D eigenvalue weighted by atomic mass is 10.1. The summed E-state index contributed by atoms with van der Waals surface area (Å²) in [7, 11) is -2.18. The second-order valence-electron chi connectivity index (χ2n) is 6.16. The second-order valence-corrected chi connectivity index (χ2v) is 7.88. The maximum Gasteiger partial charge on any atom is 0.241 e. The number of rotatable bonds is 6. The molecular weight excluding hydrogens is 350 g/mol. The number of carbonyl (C=O) groups excluding carboxylic acids is 1. The summed E-state index contributed by atoms with van der Waals surface area (Å²) in [6, 6.07) is 14.5. The Morgan fingerprint density at radius 3 is 2.50 bits per heavy atom. The SMILES string of the molecule is Cc1ccc(S(=O)(=O)N[C@@H](C)C(=O)N(C)Cc2cccc(C#N)c2)cc1. The van der Waals surface area contributed by atoms with Crippen molar-refractivity contribution < 1.29 is 13.2 Å². The predicted molar refractivity (Wildman–Crippen MR) is 98.6 cm³/mol. The smallest absolute Gasteiger partial charge is 0.241 e. The highest BCUT2D eigenvalue weighted by Crippen LogP contribution is 2.12. The van der Waals surface area contributed by atoms with Gasteiger partial charge in [0.2, 0.25) is 15.9 Å². The summed E-state index contributed by atoms with van der Waals surface area (Å²) >= 11 is 0. The molecule has 0 aliphatic carbocycles. The van der Waals surface area contributed by atoms with Gasteiger partial charge in [0.1, 0.15) is 0 Å². The topological polar surface area (TPSA) is 90.3 Å². The second kappa shape index (κ2) is 8.13. The molecule has 0 aromatic heterocycles. The van der Waals surface area contributed by atoms with E-state index >= 15 is 0 Å². The first-order valence-electron chi connectivity index (χ1n) is 8.06. The van der Waals surface area contributed by atoms with Gasteiger partial charge in [0.05, 0.1) is 22.6 Å². The molecule has 2 aromatic rings. The molecule has 1 amide bonds. The van der Waals surface area contributed by atoms with Crippen LogP contribution in [0.15, 0.2) is 53.4 Å². The van der Waals surface area contributed by atoms with E-state index in [1.165, 1.54) is 24.0 Å². The molecule has 0 unspecified atom stereocenters. The van der Waals surface area contributed by atoms with E-state index in [4.69, 9.17) is 5.26 Å². The molecule has 0 spiro atoms. The van der Waals surface area contributed by atoms with Crippen LogP contribution in [0.5, 0.6) is 0 Å². The van der Waals surface area contributed by atoms with Crippen molar-refractivity contribution in [2.24, 2.45) is 0 Å². The van der Waals surface area contributed by atoms with Crippen LogP contribution in [0.25, 0.3) is 0 Å². The highest BCUT2D eigenvalue weighted by molar-refractivity contribution is 7.89. The van der Waals surface area contributed by atoms with Crippen molar-refractivity contribution in [1.82, 2.24) is 9.62 Å². The first-order chi connectivity index (χ1) is 12.2. The van der Waals surface area contributed by atoms with Crippen LogP contribution >= 0.6 is 0 Å². The molecule has 0 radical (unpaired) electrons. The van der Waals surface area contributed by atoms with Crippen LogP contribution in [0, 0.1) is 18.3 Å². The van der Waals surface area contributed by atoms with Gasteiger partial charge in [0.15, 0.2) is 0 Å². The average molecular weight is 371 g/mol. The molecule has 0 aliphatic rings. The number of likely N-dealkylation sites (N-methyl/N-ethyl adjacent to an activating group) is 1. The largest absolute Gasteiger partial charge is 0.340 e. The van der Waals surface area contributed by atoms with Crippen LogP contribution in [0.3, 0.4) is 0 Å². The molecule has 26 heavy (non-hydrogen) atoms. The summed E-state index contributed by atoms with van der Waals surface area (Å²) in [4.78, 5) is 14.0. The van der Waals surface area contributed by atoms with E-state index in [2.05, 4.69) is 10.8 Å². The third kappa shape index (κ3) is 4.91. The van der Waals surface area contributed by atoms with E-state index < -0.39 is 16.1 Å². The number of aryl methyl sites for hydroxylation is 1. The molecule has 0 fully saturated rings. The lowest BCUT2D eigenvalue weighted by molar-refractivity contribution is -0.131. The van der Waals surface area contributed by atoms with Crippen LogP contribution < -0.4 is 4.72 Å². The van der Waals surface area contributed by atoms with Gasteiger partial charge in [0, 0.05) is 13.6 Å². The van der Waals surface area contributed by atoms with E-state index in [-0.39, 0.29) is 17.3 Å². The fraction of sp³-hybridized carbons (Fsp3) is 0.263. The van der Waals surface area contributed by atoms with Gasteiger partial charge < -0.3 is 4.90 Å². The summed E-state index contributed by atoms with van der Waals surface area (Å²) in [6.07, 6.45) is 0. The van der Waals surface area contributed by atoms with Crippen molar-refractivity contribution in [3.8, 4) is 6.07 Å². The normalized spacial score (nSPS) is 12.2. The van der Waals surface area contributed by atoms with Gasteiger partial charge >= 0.3 is 0 Å². The lowest BCUT2D eigenvalue weighted by Gasteiger charge is -2.22. The third-order valence-corrected chi connectivity index (χ3v) is 5.44. The Balaban J connectivity index is 2.06. The molecule has 2 rings (SSSR count). The minimum atomic E-state index is -3.78. The molecule has 1 atom stereocenters. The van der Waals surface area contributed by atoms with Crippen molar-refractivity contribution in [1.29, 1.82) is 5.26 Å². The Hall–Kier alpha value is -2.69. The van der Waals surface area contributed by atoms with E-state index in [1.807, 2.05) is 13.0 Å². The molecule has 1 N–H and O–H groups in total. The third-order valence-electron chi connectivity index (χ3n) is 3.89. The Kier molecular flexibility index (Phi) is 6.14. The van der Waals surface area contributed by atoms with Crippen LogP contribution in [0.1, 0.15) is 23.6 Å². The molecule has 0 saturated carbocycles. The van der Waals surface area contributed by atoms with E-state index in [1.54, 1.807) is 37.4 Å². The van der Waals surface area contributed by atoms with Crippen molar-refractivity contribution in [3.05, 3.63) is 65.2 Å². The molecule has 6 nitrogen and oxygen atoms in total. The molecule has 0 saturated heterocycles. The highest BCUT2D eigenvalue weighted by Gasteiger charge is 2.24. The van der Waals surface area contributed by atoms with E-state index in [0.717, 1.165) is 11.1 Å². The van der Waals surface area contributed by atoms with Gasteiger partial charge in [-0.2, -0.15) is 9.98 Å². The summed E-state index contributed by atoms with van der Waals surface area (Å²) in [6.45, 7) is 3.66. The average Bonchev–Trinajstić information content (AvgIpc) is 2.61. The number of carbonyl (C=O) groups is 1. The van der Waals surface area contributed by atoms with Crippen molar-refractivity contribution in [2.75, 3.05) is 7.05 Å². The van der Waals surface area contributed by atoms with Crippen molar-refractivity contribution >= 4 is 15.9 Å². The molecule has 136 valence electrons. The highest BCUT2D eigenvalue weighted by atomic mass is 32.2. The van der Waals surface area contributed by atoms with Crippen LogP contribution in [0.2, 0.25) is 0 Å². The number of benzene rings is 2. The first kappa shape index (κ1) is 19.6. The summed E-state index contributed by atoms with van der Waals surface area (Å²) in [5.74, 6) is -0.358. The van der Waals surface area contributed by atoms with Gasteiger partial charge in [-0.3, -0.25) is 4.79 Å². The molecule has 7 heteroatoms. The number of nitrogens with one attached hydrogen (secondary N) is 1. The zero-order valence-electron chi connectivity index (χ0n) is 14.9. The van der Waals surface area contributed by atoms with Crippen LogP contribution in [0.4, 0.5) is 0 Å². The Labute approximate surface area is 154 Å². The predicted octanol–water partition coefficient (Wildman–Crippen LogP) is 2.19. The fourth-order valence-electron chi connectivity index (χ4n) is 2.49. The van der Waals surface area contributed by atoms with Gasteiger partial charge in [-0.25, -0.2) is 8.42 Å². The van der Waals surface area contributed by atoms with E-state index in [0.29, 0.717) is 5.56 Å². The van der Waals surface area contributed by atoms with Gasteiger partial charge in [-0.15, -0.1) is 0 Å². The zero-order chi connectivity index (χ0) is 19.3. The monoisotopic (exact) mass is 371 g/mol. The van der Waals surface area contributed by atoms with Crippen molar-refractivity contribution in [2.45, 2.75) is 31.3 Å². The summed E-state index contributed by atoms with van der Waals surface area (Å²) < 4.78 is 27.2. The first-order valence-corrected chi connectivity index (χ1v) is 9.54. The zero-order valence-corrected chi connectivity index (χ0v) is 15.7. The Bertz CT molecular complexity index is 931. The van der Waals surface area contributed by atoms with Crippen LogP contribution in [-0.2, 0) is 21.4 Å². The quantitative estimate of drug-likeness (QED) is 0.843. The number of sulfonamides is 1. The maximum absolute atomic E-state index is 12.5. The summed E-state index contributed by atoms with van der Waals surface area (Å²) in [5, 5.41) is 8.94. The lowest BCUT2D eigenvalue weighted by Crippen LogP contribution is -2.45. The van der Waals surface area contributed by atoms with Crippen molar-refractivity contribution in [3.63, 3.8) is 0 Å². The molecule has 0 aliphatic heterocycles. The van der Waals surface area contributed by atoms with E-state index in [9.17, 15) is 13.2 Å². The summed E-state index contributed by atoms with van der Waals surface area (Å²) in [5.41, 5.74) is 2.26. The Morgan fingerprint density at radius 1 is 1.23 bits per heavy atom. The number of hydrogen-bond acceptors (Lipinski definition) is 4. The van der Waals surface area contributed by atoms with Gasteiger partial charge in [0.25, 0.3) is 0 Å². The fourth-order valence-corrected chi connectivity index (χ4v) is 3.69. The Morgan fingerprint density at radius 2 is 1.88 bits per heavy atom. The van der Waals surface area contributed by atoms with Crippen LogP contribution in [-0.4, -0.2) is 32.3 Å². The standard InChI is InChI=1S/C19H21N3O3S/c1-14-7-9-18(10-8-14)26(24,25)21-15(2)19(23)22(3)13-17-6-4-5-16(11-17)12-20/h4-11,15,21H,13H2,1-3H3/t15-/m0/s1.